The molecule has 5 heteroatoms. The standard InChI is InChI=1S/C18H21NO4/c1-19(18(21)23-13-15-6-4-3-5-7-15)11-10-14-8-9-16(20)17(12-14)22-2/h3-9,12,20H,10-11,13H2,1-2H3. The SMILES string of the molecule is COc1cc(CCN(C)C(=O)OCc2ccccc2)ccc1O. The Morgan fingerprint density at radius 2 is 1.87 bits per heavy atom. The molecule has 0 radical (unpaired) electrons. The van der Waals surface area contributed by atoms with Gasteiger partial charge < -0.3 is 19.5 Å². The maximum Gasteiger partial charge on any atom is 0.409 e. The Kier molecular flexibility index (Phi) is 5.86. The molecule has 0 saturated carbocycles. The van der Waals surface area contributed by atoms with Crippen molar-refractivity contribution in [2.75, 3.05) is 20.7 Å². The molecule has 1 amide bonds. The van der Waals surface area contributed by atoms with Crippen LogP contribution in [-0.4, -0.2) is 36.8 Å². The molecule has 0 saturated heterocycles. The minimum atomic E-state index is -0.361. The van der Waals surface area contributed by atoms with E-state index in [4.69, 9.17) is 9.47 Å². The van der Waals surface area contributed by atoms with E-state index in [0.29, 0.717) is 18.7 Å². The minimum absolute atomic E-state index is 0.104. The molecule has 0 bridgehead atoms. The summed E-state index contributed by atoms with van der Waals surface area (Å²) in [6.45, 7) is 0.776. The van der Waals surface area contributed by atoms with Crippen LogP contribution in [-0.2, 0) is 17.8 Å². The summed E-state index contributed by atoms with van der Waals surface area (Å²) in [4.78, 5) is 13.5. The van der Waals surface area contributed by atoms with Gasteiger partial charge in [0, 0.05) is 13.6 Å². The molecule has 0 fully saturated rings. The Morgan fingerprint density at radius 3 is 2.57 bits per heavy atom. The van der Waals surface area contributed by atoms with Crippen LogP contribution in [0, 0.1) is 0 Å². The lowest BCUT2D eigenvalue weighted by Gasteiger charge is -2.17. The number of nitrogens with zero attached hydrogens (tertiary/aromatic N) is 1. The van der Waals surface area contributed by atoms with Crippen molar-refractivity contribution in [3.05, 3.63) is 59.7 Å². The van der Waals surface area contributed by atoms with Crippen molar-refractivity contribution >= 4 is 6.09 Å². The molecule has 5 nitrogen and oxygen atoms in total. The number of phenolic OH excluding ortho intramolecular Hbond substituents is 1. The maximum atomic E-state index is 12.0. The quantitative estimate of drug-likeness (QED) is 0.889. The van der Waals surface area contributed by atoms with Crippen molar-refractivity contribution < 1.29 is 19.4 Å². The van der Waals surface area contributed by atoms with E-state index in [0.717, 1.165) is 11.1 Å². The number of hydrogen-bond acceptors (Lipinski definition) is 4. The molecule has 0 heterocycles. The first-order valence-electron chi connectivity index (χ1n) is 7.38. The highest BCUT2D eigenvalue weighted by atomic mass is 16.6. The Labute approximate surface area is 136 Å². The van der Waals surface area contributed by atoms with Crippen molar-refractivity contribution in [3.63, 3.8) is 0 Å². The molecule has 0 aliphatic carbocycles. The fourth-order valence-corrected chi connectivity index (χ4v) is 2.10. The topological polar surface area (TPSA) is 59.0 Å². The molecule has 0 aliphatic heterocycles. The number of carbonyl (C=O) groups excluding carboxylic acids is 1. The second-order valence-electron chi connectivity index (χ2n) is 5.22. The summed E-state index contributed by atoms with van der Waals surface area (Å²) in [5.41, 5.74) is 1.93. The second-order valence-corrected chi connectivity index (χ2v) is 5.22. The number of rotatable bonds is 6. The van der Waals surface area contributed by atoms with Gasteiger partial charge in [-0.05, 0) is 29.7 Å². The number of methoxy groups -OCH3 is 1. The van der Waals surface area contributed by atoms with E-state index >= 15 is 0 Å². The van der Waals surface area contributed by atoms with Gasteiger partial charge in [0.05, 0.1) is 7.11 Å². The third-order valence-corrected chi connectivity index (χ3v) is 3.50. The zero-order chi connectivity index (χ0) is 16.7. The van der Waals surface area contributed by atoms with Gasteiger partial charge in [0.1, 0.15) is 6.61 Å². The van der Waals surface area contributed by atoms with Crippen LogP contribution in [0.3, 0.4) is 0 Å². The number of aromatic hydroxyl groups is 1. The number of amides is 1. The molecule has 0 aromatic heterocycles. The number of hydrogen-bond donors (Lipinski definition) is 1. The van der Waals surface area contributed by atoms with Crippen LogP contribution < -0.4 is 4.74 Å². The van der Waals surface area contributed by atoms with Crippen molar-refractivity contribution in [1.29, 1.82) is 0 Å². The summed E-state index contributed by atoms with van der Waals surface area (Å²) in [6.07, 6.45) is 0.285. The summed E-state index contributed by atoms with van der Waals surface area (Å²) < 4.78 is 10.3. The minimum Gasteiger partial charge on any atom is -0.504 e. The van der Waals surface area contributed by atoms with Crippen LogP contribution in [0.5, 0.6) is 11.5 Å². The number of carbonyl (C=O) groups is 1. The molecule has 122 valence electrons. The predicted octanol–water partition coefficient (Wildman–Crippen LogP) is 3.21. The van der Waals surface area contributed by atoms with Crippen molar-refractivity contribution in [3.8, 4) is 11.5 Å². The van der Waals surface area contributed by atoms with Crippen LogP contribution >= 0.6 is 0 Å². The third-order valence-electron chi connectivity index (χ3n) is 3.50. The fraction of sp³-hybridized carbons (Fsp3) is 0.278. The van der Waals surface area contributed by atoms with Crippen LogP contribution in [0.2, 0.25) is 0 Å². The summed E-state index contributed by atoms with van der Waals surface area (Å²) in [7, 11) is 3.21. The normalized spacial score (nSPS) is 10.2. The Balaban J connectivity index is 1.82. The molecule has 0 spiro atoms. The van der Waals surface area contributed by atoms with Crippen molar-refractivity contribution in [2.45, 2.75) is 13.0 Å². The van der Waals surface area contributed by atoms with E-state index in [9.17, 15) is 9.90 Å². The van der Waals surface area contributed by atoms with E-state index in [1.807, 2.05) is 30.3 Å². The molecular weight excluding hydrogens is 294 g/mol. The van der Waals surface area contributed by atoms with Crippen molar-refractivity contribution in [1.82, 2.24) is 4.90 Å². The van der Waals surface area contributed by atoms with Gasteiger partial charge in [-0.15, -0.1) is 0 Å². The highest BCUT2D eigenvalue weighted by Gasteiger charge is 2.11. The third kappa shape index (κ3) is 4.92. The van der Waals surface area contributed by atoms with Gasteiger partial charge >= 0.3 is 6.09 Å². The zero-order valence-corrected chi connectivity index (χ0v) is 13.4. The molecule has 0 atom stereocenters. The second kappa shape index (κ2) is 8.08. The van der Waals surface area contributed by atoms with Gasteiger partial charge in [-0.1, -0.05) is 36.4 Å². The van der Waals surface area contributed by atoms with Crippen LogP contribution in [0.1, 0.15) is 11.1 Å². The summed E-state index contributed by atoms with van der Waals surface area (Å²) >= 11 is 0. The van der Waals surface area contributed by atoms with Gasteiger partial charge in [-0.2, -0.15) is 0 Å². The number of likely N-dealkylation sites (N-methyl/N-ethyl adjacent to an activating group) is 1. The van der Waals surface area contributed by atoms with Gasteiger partial charge in [0.25, 0.3) is 0 Å². The van der Waals surface area contributed by atoms with Crippen LogP contribution in [0.25, 0.3) is 0 Å². The van der Waals surface area contributed by atoms with Gasteiger partial charge in [0.2, 0.25) is 0 Å². The molecular formula is C18H21NO4. The van der Waals surface area contributed by atoms with Gasteiger partial charge in [-0.3, -0.25) is 0 Å². The average Bonchev–Trinajstić information content (AvgIpc) is 2.59. The molecule has 23 heavy (non-hydrogen) atoms. The lowest BCUT2D eigenvalue weighted by Crippen LogP contribution is -2.29. The molecule has 0 aliphatic rings. The number of ether oxygens (including phenoxy) is 2. The summed E-state index contributed by atoms with van der Waals surface area (Å²) in [6, 6.07) is 14.7. The summed E-state index contributed by atoms with van der Waals surface area (Å²) in [5, 5.41) is 9.57. The highest BCUT2D eigenvalue weighted by molar-refractivity contribution is 5.67. The Bertz CT molecular complexity index is 643. The highest BCUT2D eigenvalue weighted by Crippen LogP contribution is 2.26. The van der Waals surface area contributed by atoms with E-state index in [2.05, 4.69) is 0 Å². The average molecular weight is 315 g/mol. The van der Waals surface area contributed by atoms with Crippen LogP contribution in [0.4, 0.5) is 4.79 Å². The van der Waals surface area contributed by atoms with Gasteiger partial charge in [-0.25, -0.2) is 4.79 Å². The lowest BCUT2D eigenvalue weighted by atomic mass is 10.1. The molecule has 2 aromatic carbocycles. The number of benzene rings is 2. The maximum absolute atomic E-state index is 12.0. The number of phenols is 1. The Hall–Kier alpha value is -2.69. The zero-order valence-electron chi connectivity index (χ0n) is 13.4. The van der Waals surface area contributed by atoms with Crippen molar-refractivity contribution in [2.24, 2.45) is 0 Å². The Morgan fingerprint density at radius 1 is 1.13 bits per heavy atom. The molecule has 0 unspecified atom stereocenters. The smallest absolute Gasteiger partial charge is 0.409 e. The first-order chi connectivity index (χ1) is 11.1. The largest absolute Gasteiger partial charge is 0.504 e. The van der Waals surface area contributed by atoms with Crippen LogP contribution in [0.15, 0.2) is 48.5 Å². The molecule has 2 aromatic rings. The first-order valence-corrected chi connectivity index (χ1v) is 7.38. The van der Waals surface area contributed by atoms with E-state index in [-0.39, 0.29) is 18.4 Å². The van der Waals surface area contributed by atoms with E-state index < -0.39 is 0 Å². The fourth-order valence-electron chi connectivity index (χ4n) is 2.10. The van der Waals surface area contributed by atoms with E-state index in [1.165, 1.54) is 12.0 Å². The molecule has 1 N–H and O–H groups in total. The van der Waals surface area contributed by atoms with E-state index in [1.54, 1.807) is 25.2 Å². The lowest BCUT2D eigenvalue weighted by molar-refractivity contribution is 0.105. The van der Waals surface area contributed by atoms with Gasteiger partial charge in [0.15, 0.2) is 11.5 Å². The predicted molar refractivity (Wildman–Crippen MR) is 87.6 cm³/mol. The molecule has 2 rings (SSSR count). The monoisotopic (exact) mass is 315 g/mol. The summed E-state index contributed by atoms with van der Waals surface area (Å²) in [5.74, 6) is 0.531. The first kappa shape index (κ1) is 16.7.